The first-order valence-electron chi connectivity index (χ1n) is 9.40. The molecule has 0 unspecified atom stereocenters. The minimum atomic E-state index is 0.161. The van der Waals surface area contributed by atoms with E-state index in [0.29, 0.717) is 31.2 Å². The number of fused-ring (bicyclic) bond motifs is 1. The van der Waals surface area contributed by atoms with Crippen LogP contribution in [-0.4, -0.2) is 37.3 Å². The standard InChI is InChI=1S/C21H22N6O/c1-15-24-18-14-27(20(28)8-7-16-5-3-2-4-6-16)12-9-17(18)21(25-15)26-19-13-22-10-11-23-19/h2-6,10-11,13H,7-9,12,14H2,1H3,(H,23,24,25,26). The van der Waals surface area contributed by atoms with E-state index in [4.69, 9.17) is 0 Å². The highest BCUT2D eigenvalue weighted by Crippen LogP contribution is 2.26. The van der Waals surface area contributed by atoms with Crippen molar-refractivity contribution < 1.29 is 4.79 Å². The molecule has 0 saturated carbocycles. The van der Waals surface area contributed by atoms with Crippen LogP contribution in [0.5, 0.6) is 0 Å². The topological polar surface area (TPSA) is 83.9 Å². The maximum atomic E-state index is 12.7. The van der Waals surface area contributed by atoms with Crippen LogP contribution in [-0.2, 0) is 24.2 Å². The number of anilines is 2. The van der Waals surface area contributed by atoms with Crippen LogP contribution in [0.15, 0.2) is 48.9 Å². The molecule has 0 spiro atoms. The summed E-state index contributed by atoms with van der Waals surface area (Å²) in [5.41, 5.74) is 3.13. The third-order valence-corrected chi connectivity index (χ3v) is 4.81. The van der Waals surface area contributed by atoms with E-state index in [0.717, 1.165) is 29.9 Å². The zero-order valence-corrected chi connectivity index (χ0v) is 15.8. The number of carbonyl (C=O) groups is 1. The summed E-state index contributed by atoms with van der Waals surface area (Å²) in [6, 6.07) is 10.1. The van der Waals surface area contributed by atoms with Crippen LogP contribution in [0.1, 0.15) is 29.1 Å². The van der Waals surface area contributed by atoms with Gasteiger partial charge in [0.1, 0.15) is 17.5 Å². The molecule has 1 N–H and O–H groups in total. The van der Waals surface area contributed by atoms with Crippen molar-refractivity contribution in [3.63, 3.8) is 0 Å². The summed E-state index contributed by atoms with van der Waals surface area (Å²) < 4.78 is 0. The van der Waals surface area contributed by atoms with Gasteiger partial charge in [-0.1, -0.05) is 30.3 Å². The van der Waals surface area contributed by atoms with Gasteiger partial charge in [-0.15, -0.1) is 0 Å². The van der Waals surface area contributed by atoms with Crippen LogP contribution in [0, 0.1) is 6.92 Å². The molecule has 3 aromatic rings. The first-order valence-corrected chi connectivity index (χ1v) is 9.40. The zero-order chi connectivity index (χ0) is 19.3. The molecule has 2 aromatic heterocycles. The van der Waals surface area contributed by atoms with Crippen LogP contribution < -0.4 is 5.32 Å². The predicted molar refractivity (Wildman–Crippen MR) is 106 cm³/mol. The minimum absolute atomic E-state index is 0.161. The van der Waals surface area contributed by atoms with E-state index in [1.165, 1.54) is 5.56 Å². The maximum absolute atomic E-state index is 12.7. The van der Waals surface area contributed by atoms with E-state index >= 15 is 0 Å². The Balaban J connectivity index is 1.47. The molecule has 1 aliphatic heterocycles. The summed E-state index contributed by atoms with van der Waals surface area (Å²) in [4.78, 5) is 32.0. The molecule has 0 saturated heterocycles. The molecule has 0 radical (unpaired) electrons. The van der Waals surface area contributed by atoms with Gasteiger partial charge in [-0.25, -0.2) is 15.0 Å². The highest BCUT2D eigenvalue weighted by molar-refractivity contribution is 5.77. The second-order valence-corrected chi connectivity index (χ2v) is 6.81. The minimum Gasteiger partial charge on any atom is -0.336 e. The number of aryl methyl sites for hydroxylation is 2. The molecule has 28 heavy (non-hydrogen) atoms. The van der Waals surface area contributed by atoms with Crippen LogP contribution in [0.2, 0.25) is 0 Å². The van der Waals surface area contributed by atoms with Crippen molar-refractivity contribution in [2.45, 2.75) is 32.7 Å². The summed E-state index contributed by atoms with van der Waals surface area (Å²) >= 11 is 0. The first kappa shape index (κ1) is 18.0. The Bertz CT molecular complexity index is 961. The molecule has 0 atom stereocenters. The summed E-state index contributed by atoms with van der Waals surface area (Å²) in [6.07, 6.45) is 6.90. The van der Waals surface area contributed by atoms with E-state index in [1.807, 2.05) is 30.0 Å². The normalized spacial score (nSPS) is 13.1. The Morgan fingerprint density at radius 3 is 2.82 bits per heavy atom. The lowest BCUT2D eigenvalue weighted by Crippen LogP contribution is -2.37. The van der Waals surface area contributed by atoms with Crippen LogP contribution in [0.25, 0.3) is 0 Å². The van der Waals surface area contributed by atoms with Crippen molar-refractivity contribution in [2.75, 3.05) is 11.9 Å². The molecule has 1 aromatic carbocycles. The second kappa shape index (κ2) is 8.12. The third-order valence-electron chi connectivity index (χ3n) is 4.81. The zero-order valence-electron chi connectivity index (χ0n) is 15.8. The van der Waals surface area contributed by atoms with Crippen molar-refractivity contribution in [3.8, 4) is 0 Å². The van der Waals surface area contributed by atoms with Crippen LogP contribution in [0.3, 0.4) is 0 Å². The Labute approximate surface area is 163 Å². The van der Waals surface area contributed by atoms with Crippen LogP contribution >= 0.6 is 0 Å². The average Bonchev–Trinajstić information content (AvgIpc) is 2.73. The van der Waals surface area contributed by atoms with Crippen molar-refractivity contribution in [2.24, 2.45) is 0 Å². The third kappa shape index (κ3) is 4.14. The highest BCUT2D eigenvalue weighted by atomic mass is 16.2. The van der Waals surface area contributed by atoms with Gasteiger partial charge in [0.2, 0.25) is 5.91 Å². The number of amides is 1. The van der Waals surface area contributed by atoms with Crippen LogP contribution in [0.4, 0.5) is 11.6 Å². The molecule has 4 rings (SSSR count). The van der Waals surface area contributed by atoms with Gasteiger partial charge in [-0.3, -0.25) is 9.78 Å². The Morgan fingerprint density at radius 2 is 2.04 bits per heavy atom. The summed E-state index contributed by atoms with van der Waals surface area (Å²) in [6.45, 7) is 3.04. The molecule has 7 nitrogen and oxygen atoms in total. The van der Waals surface area contributed by atoms with Crippen molar-refractivity contribution in [1.29, 1.82) is 0 Å². The lowest BCUT2D eigenvalue weighted by molar-refractivity contribution is -0.132. The van der Waals surface area contributed by atoms with Gasteiger partial charge in [-0.05, 0) is 25.3 Å². The molecule has 1 aliphatic rings. The van der Waals surface area contributed by atoms with E-state index in [2.05, 4.69) is 37.4 Å². The van der Waals surface area contributed by atoms with Crippen molar-refractivity contribution >= 4 is 17.5 Å². The SMILES string of the molecule is Cc1nc2c(c(Nc3cnccn3)n1)CCN(C(=O)CCc1ccccc1)C2. The lowest BCUT2D eigenvalue weighted by Gasteiger charge is -2.29. The van der Waals surface area contributed by atoms with Gasteiger partial charge in [0.25, 0.3) is 0 Å². The molecular weight excluding hydrogens is 352 g/mol. The van der Waals surface area contributed by atoms with Gasteiger partial charge >= 0.3 is 0 Å². The fourth-order valence-corrected chi connectivity index (χ4v) is 3.41. The fraction of sp³-hybridized carbons (Fsp3) is 0.286. The number of aromatic nitrogens is 4. The quantitative estimate of drug-likeness (QED) is 0.739. The molecule has 0 bridgehead atoms. The van der Waals surface area contributed by atoms with Gasteiger partial charge < -0.3 is 10.2 Å². The number of nitrogens with zero attached hydrogens (tertiary/aromatic N) is 5. The van der Waals surface area contributed by atoms with E-state index in [-0.39, 0.29) is 5.91 Å². The monoisotopic (exact) mass is 374 g/mol. The first-order chi connectivity index (χ1) is 13.7. The molecule has 7 heteroatoms. The van der Waals surface area contributed by atoms with Gasteiger partial charge in [0, 0.05) is 30.9 Å². The number of benzene rings is 1. The number of nitrogens with one attached hydrogen (secondary N) is 1. The molecule has 142 valence electrons. The Hall–Kier alpha value is -3.35. The number of carbonyl (C=O) groups excluding carboxylic acids is 1. The molecule has 3 heterocycles. The van der Waals surface area contributed by atoms with Gasteiger partial charge in [0.05, 0.1) is 18.4 Å². The largest absolute Gasteiger partial charge is 0.336 e. The Morgan fingerprint density at radius 1 is 1.18 bits per heavy atom. The maximum Gasteiger partial charge on any atom is 0.223 e. The lowest BCUT2D eigenvalue weighted by atomic mass is 10.0. The summed E-state index contributed by atoms with van der Waals surface area (Å²) in [5.74, 6) is 2.22. The smallest absolute Gasteiger partial charge is 0.223 e. The van der Waals surface area contributed by atoms with Gasteiger partial charge in [0.15, 0.2) is 0 Å². The van der Waals surface area contributed by atoms with E-state index in [9.17, 15) is 4.79 Å². The predicted octanol–water partition coefficient (Wildman–Crippen LogP) is 2.84. The molecule has 0 fully saturated rings. The molecule has 1 amide bonds. The second-order valence-electron chi connectivity index (χ2n) is 6.81. The van der Waals surface area contributed by atoms with E-state index in [1.54, 1.807) is 18.6 Å². The molecular formula is C21H22N6O. The number of rotatable bonds is 5. The Kier molecular flexibility index (Phi) is 5.23. The summed E-state index contributed by atoms with van der Waals surface area (Å²) in [5, 5.41) is 3.24. The van der Waals surface area contributed by atoms with Gasteiger partial charge in [-0.2, -0.15) is 0 Å². The summed E-state index contributed by atoms with van der Waals surface area (Å²) in [7, 11) is 0. The van der Waals surface area contributed by atoms with Crippen molar-refractivity contribution in [1.82, 2.24) is 24.8 Å². The highest BCUT2D eigenvalue weighted by Gasteiger charge is 2.25. The molecule has 0 aliphatic carbocycles. The number of hydrogen-bond acceptors (Lipinski definition) is 6. The van der Waals surface area contributed by atoms with E-state index < -0.39 is 0 Å². The fourth-order valence-electron chi connectivity index (χ4n) is 3.41. The van der Waals surface area contributed by atoms with Crippen molar-refractivity contribution in [3.05, 3.63) is 71.6 Å². The average molecular weight is 374 g/mol. The number of hydrogen-bond donors (Lipinski definition) is 1.